The lowest BCUT2D eigenvalue weighted by atomic mass is 9.38. The molecule has 0 amide bonds. The smallest absolute Gasteiger partial charge is 0.161 e. The minimum atomic E-state index is -0.421. The Morgan fingerprint density at radius 2 is 1.90 bits per heavy atom. The van der Waals surface area contributed by atoms with E-state index in [0.29, 0.717) is 18.3 Å². The maximum atomic E-state index is 12.7. The molecule has 0 spiro atoms. The van der Waals surface area contributed by atoms with Crippen LogP contribution in [0.25, 0.3) is 0 Å². The molecule has 156 valence electrons. The van der Waals surface area contributed by atoms with Crippen LogP contribution in [0.5, 0.6) is 0 Å². The molecular weight excluding hydrogens is 360 g/mol. The molecule has 2 saturated carbocycles. The van der Waals surface area contributed by atoms with Crippen molar-refractivity contribution in [2.75, 3.05) is 0 Å². The molecule has 0 saturated heterocycles. The van der Waals surface area contributed by atoms with Crippen molar-refractivity contribution >= 4 is 5.78 Å². The number of aliphatic hydroxyl groups is 1. The van der Waals surface area contributed by atoms with Crippen molar-refractivity contribution in [1.29, 1.82) is 0 Å². The molecule has 0 bridgehead atoms. The highest BCUT2D eigenvalue weighted by Crippen LogP contribution is 2.72. The molecule has 5 rings (SSSR count). The Morgan fingerprint density at radius 3 is 2.59 bits per heavy atom. The van der Waals surface area contributed by atoms with Gasteiger partial charge in [-0.3, -0.25) is 4.79 Å². The molecule has 1 aromatic rings. The Kier molecular flexibility index (Phi) is 3.84. The third kappa shape index (κ3) is 2.20. The van der Waals surface area contributed by atoms with Crippen LogP contribution >= 0.6 is 0 Å². The van der Waals surface area contributed by atoms with E-state index >= 15 is 0 Å². The van der Waals surface area contributed by atoms with E-state index in [4.69, 9.17) is 4.42 Å². The molecule has 0 unspecified atom stereocenters. The van der Waals surface area contributed by atoms with Crippen molar-refractivity contribution in [3.63, 3.8) is 0 Å². The number of fused-ring (bicyclic) bond motifs is 5. The van der Waals surface area contributed by atoms with Crippen LogP contribution in [0, 0.1) is 33.5 Å². The first-order valence-electron chi connectivity index (χ1n) is 11.2. The Labute approximate surface area is 174 Å². The minimum Gasteiger partial charge on any atom is -0.472 e. The maximum Gasteiger partial charge on any atom is 0.161 e. The Morgan fingerprint density at radius 1 is 1.14 bits per heavy atom. The van der Waals surface area contributed by atoms with Crippen LogP contribution < -0.4 is 0 Å². The summed E-state index contributed by atoms with van der Waals surface area (Å²) in [7, 11) is 0. The normalized spacial score (nSPS) is 47.9. The molecule has 0 aliphatic heterocycles. The van der Waals surface area contributed by atoms with Crippen molar-refractivity contribution in [2.45, 2.75) is 72.3 Å². The third-order valence-electron chi connectivity index (χ3n) is 9.90. The van der Waals surface area contributed by atoms with Crippen molar-refractivity contribution in [3.8, 4) is 0 Å². The predicted octanol–water partition coefficient (Wildman–Crippen LogP) is 5.67. The van der Waals surface area contributed by atoms with Crippen LogP contribution in [0.3, 0.4) is 0 Å². The van der Waals surface area contributed by atoms with Crippen molar-refractivity contribution in [2.24, 2.45) is 33.5 Å². The van der Waals surface area contributed by atoms with Gasteiger partial charge in [-0.25, -0.2) is 0 Å². The lowest BCUT2D eigenvalue weighted by Gasteiger charge is -2.66. The van der Waals surface area contributed by atoms with Crippen LogP contribution in [0.2, 0.25) is 0 Å². The summed E-state index contributed by atoms with van der Waals surface area (Å²) in [6.07, 6.45) is 13.6. The molecule has 0 aromatic carbocycles. The lowest BCUT2D eigenvalue weighted by Crippen LogP contribution is -2.63. The monoisotopic (exact) mass is 394 g/mol. The topological polar surface area (TPSA) is 50.4 Å². The summed E-state index contributed by atoms with van der Waals surface area (Å²) in [4.78, 5) is 12.7. The molecule has 1 heterocycles. The van der Waals surface area contributed by atoms with E-state index in [1.165, 1.54) is 11.1 Å². The fraction of sp³-hybridized carbons (Fsp3) is 0.654. The van der Waals surface area contributed by atoms with E-state index in [0.717, 1.165) is 19.3 Å². The van der Waals surface area contributed by atoms with Gasteiger partial charge in [0.25, 0.3) is 0 Å². The van der Waals surface area contributed by atoms with Gasteiger partial charge in [0.15, 0.2) is 5.78 Å². The average Bonchev–Trinajstić information content (AvgIpc) is 3.29. The Hall–Kier alpha value is -1.61. The summed E-state index contributed by atoms with van der Waals surface area (Å²) >= 11 is 0. The van der Waals surface area contributed by atoms with E-state index in [1.54, 1.807) is 6.26 Å². The van der Waals surface area contributed by atoms with E-state index in [2.05, 4.69) is 52.8 Å². The SMILES string of the molecule is CC1(C)C(=O)C=C[C@]2(C)[C@H]3CC[C@]4(C)C(=CC[C@H]4c4ccoc4)[C@]3(C)[C@H](O)C[C@@H]12. The van der Waals surface area contributed by atoms with Gasteiger partial charge < -0.3 is 9.52 Å². The number of aliphatic hydroxyl groups excluding tert-OH is 1. The van der Waals surface area contributed by atoms with Gasteiger partial charge in [-0.15, -0.1) is 0 Å². The number of carbonyl (C=O) groups excluding carboxylic acids is 1. The van der Waals surface area contributed by atoms with Gasteiger partial charge in [0, 0.05) is 10.8 Å². The molecule has 2 fully saturated rings. The first-order chi connectivity index (χ1) is 13.6. The number of hydrogen-bond donors (Lipinski definition) is 1. The molecule has 1 N–H and O–H groups in total. The largest absolute Gasteiger partial charge is 0.472 e. The number of carbonyl (C=O) groups is 1. The number of allylic oxidation sites excluding steroid dienone is 3. The van der Waals surface area contributed by atoms with Gasteiger partial charge in [-0.2, -0.15) is 0 Å². The zero-order valence-electron chi connectivity index (χ0n) is 18.4. The van der Waals surface area contributed by atoms with Gasteiger partial charge >= 0.3 is 0 Å². The standard InChI is InChI=1S/C26H34O3/c1-23(2)20-14-22(28)26(5)18-7-6-17(16-10-13-29-15-16)24(18,3)11-8-19(26)25(20,4)12-9-21(23)27/h7,9-10,12-13,15,17,19-20,22,28H,6,8,11,14H2,1-5H3/t17-,19+,20-,22+,24-,25+,26-/m0/s1. The number of furan rings is 1. The molecule has 7 atom stereocenters. The summed E-state index contributed by atoms with van der Waals surface area (Å²) in [5.41, 5.74) is 2.04. The number of hydrogen-bond acceptors (Lipinski definition) is 3. The molecule has 4 aliphatic carbocycles. The molecule has 3 heteroatoms. The predicted molar refractivity (Wildman–Crippen MR) is 113 cm³/mol. The summed E-state index contributed by atoms with van der Waals surface area (Å²) in [5.74, 6) is 1.15. The van der Waals surface area contributed by atoms with Crippen molar-refractivity contribution < 1.29 is 14.3 Å². The van der Waals surface area contributed by atoms with Gasteiger partial charge in [0.05, 0.1) is 18.6 Å². The zero-order valence-corrected chi connectivity index (χ0v) is 18.4. The van der Waals surface area contributed by atoms with Gasteiger partial charge in [0.2, 0.25) is 0 Å². The quantitative estimate of drug-likeness (QED) is 0.625. The van der Waals surface area contributed by atoms with Crippen LogP contribution in [0.4, 0.5) is 0 Å². The zero-order chi connectivity index (χ0) is 20.8. The van der Waals surface area contributed by atoms with E-state index in [1.807, 2.05) is 12.3 Å². The minimum absolute atomic E-state index is 0.0585. The fourth-order valence-corrected chi connectivity index (χ4v) is 8.25. The molecule has 0 radical (unpaired) electrons. The first kappa shape index (κ1) is 19.4. The third-order valence-corrected chi connectivity index (χ3v) is 9.90. The Balaban J connectivity index is 1.60. The molecule has 4 aliphatic rings. The summed E-state index contributed by atoms with van der Waals surface area (Å²) in [6.45, 7) is 11.2. The van der Waals surface area contributed by atoms with Crippen LogP contribution in [-0.2, 0) is 4.79 Å². The molecule has 3 nitrogen and oxygen atoms in total. The van der Waals surface area contributed by atoms with E-state index < -0.39 is 11.5 Å². The van der Waals surface area contributed by atoms with E-state index in [-0.39, 0.29) is 27.9 Å². The Bertz CT molecular complexity index is 906. The highest BCUT2D eigenvalue weighted by atomic mass is 16.3. The lowest BCUT2D eigenvalue weighted by molar-refractivity contribution is -0.163. The fourth-order valence-electron chi connectivity index (χ4n) is 8.25. The second-order valence-corrected chi connectivity index (χ2v) is 11.3. The van der Waals surface area contributed by atoms with Gasteiger partial charge in [-0.05, 0) is 72.0 Å². The van der Waals surface area contributed by atoms with E-state index in [9.17, 15) is 9.90 Å². The second-order valence-electron chi connectivity index (χ2n) is 11.3. The van der Waals surface area contributed by atoms with Gasteiger partial charge in [0.1, 0.15) is 0 Å². The van der Waals surface area contributed by atoms with Crippen LogP contribution in [0.15, 0.2) is 46.8 Å². The second kappa shape index (κ2) is 5.75. The number of ketones is 1. The van der Waals surface area contributed by atoms with Crippen molar-refractivity contribution in [1.82, 2.24) is 0 Å². The van der Waals surface area contributed by atoms with Crippen LogP contribution in [-0.4, -0.2) is 17.0 Å². The molecule has 29 heavy (non-hydrogen) atoms. The number of rotatable bonds is 1. The summed E-state index contributed by atoms with van der Waals surface area (Å²) in [5, 5.41) is 11.6. The highest BCUT2D eigenvalue weighted by molar-refractivity contribution is 5.95. The first-order valence-corrected chi connectivity index (χ1v) is 11.2. The van der Waals surface area contributed by atoms with Gasteiger partial charge in [-0.1, -0.05) is 52.3 Å². The molecule has 1 aromatic heterocycles. The summed E-state index contributed by atoms with van der Waals surface area (Å²) < 4.78 is 5.41. The molecular formula is C26H34O3. The van der Waals surface area contributed by atoms with Crippen molar-refractivity contribution in [3.05, 3.63) is 48.0 Å². The average molecular weight is 395 g/mol. The summed E-state index contributed by atoms with van der Waals surface area (Å²) in [6, 6.07) is 2.10. The van der Waals surface area contributed by atoms with Crippen LogP contribution in [0.1, 0.15) is 71.8 Å². The highest BCUT2D eigenvalue weighted by Gasteiger charge is 2.67. The maximum absolute atomic E-state index is 12.7.